The average Bonchev–Trinajstić information content (AvgIpc) is 3.14. The Morgan fingerprint density at radius 1 is 1.15 bits per heavy atom. The number of aliphatic imine (C=N–C) groups is 1. The number of hydrogen-bond donors (Lipinski definition) is 2. The molecule has 0 spiro atoms. The van der Waals surface area contributed by atoms with Crippen LogP contribution in [0.15, 0.2) is 70.2 Å². The summed E-state index contributed by atoms with van der Waals surface area (Å²) in [5.41, 5.74) is 3.20. The lowest BCUT2D eigenvalue weighted by molar-refractivity contribution is 0.441. The highest BCUT2D eigenvalue weighted by molar-refractivity contribution is 5.80. The predicted octanol–water partition coefficient (Wildman–Crippen LogP) is 4.47. The minimum atomic E-state index is 0.0383. The third-order valence-electron chi connectivity index (χ3n) is 4.19. The Balaban J connectivity index is 1.71. The van der Waals surface area contributed by atoms with Crippen molar-refractivity contribution in [2.45, 2.75) is 33.4 Å². The third-order valence-corrected chi connectivity index (χ3v) is 4.19. The Kier molecular flexibility index (Phi) is 6.26. The standard InChI is InChI=1S/C22H26N4O/c1-4-23-22(26-17(3)21-12-11-16(2)27-21)25-15-18-8-7-9-19(14-18)20-10-5-6-13-24-20/h5-14,17H,4,15H2,1-3H3,(H2,23,25,26). The van der Waals surface area contributed by atoms with Crippen molar-refractivity contribution in [3.63, 3.8) is 0 Å². The third kappa shape index (κ3) is 5.20. The minimum absolute atomic E-state index is 0.0383. The van der Waals surface area contributed by atoms with Gasteiger partial charge in [0.25, 0.3) is 0 Å². The van der Waals surface area contributed by atoms with E-state index >= 15 is 0 Å². The summed E-state index contributed by atoms with van der Waals surface area (Å²) in [5, 5.41) is 6.69. The fraction of sp³-hybridized carbons (Fsp3) is 0.273. The van der Waals surface area contributed by atoms with Crippen LogP contribution in [0.1, 0.15) is 37.0 Å². The largest absolute Gasteiger partial charge is 0.464 e. The summed E-state index contributed by atoms with van der Waals surface area (Å²) in [4.78, 5) is 9.14. The lowest BCUT2D eigenvalue weighted by Gasteiger charge is -2.16. The molecule has 5 nitrogen and oxygen atoms in total. The molecule has 0 aliphatic carbocycles. The van der Waals surface area contributed by atoms with Crippen molar-refractivity contribution in [3.8, 4) is 11.3 Å². The number of aryl methyl sites for hydroxylation is 1. The van der Waals surface area contributed by atoms with Crippen molar-refractivity contribution in [2.24, 2.45) is 4.99 Å². The van der Waals surface area contributed by atoms with Crippen molar-refractivity contribution in [2.75, 3.05) is 6.54 Å². The molecule has 2 aromatic heterocycles. The smallest absolute Gasteiger partial charge is 0.192 e. The van der Waals surface area contributed by atoms with E-state index in [4.69, 9.17) is 9.41 Å². The zero-order chi connectivity index (χ0) is 19.1. The Morgan fingerprint density at radius 3 is 2.74 bits per heavy atom. The van der Waals surface area contributed by atoms with Crippen LogP contribution in [0.4, 0.5) is 0 Å². The normalized spacial score (nSPS) is 12.6. The summed E-state index contributed by atoms with van der Waals surface area (Å²) in [6.07, 6.45) is 1.81. The van der Waals surface area contributed by atoms with E-state index in [2.05, 4.69) is 47.7 Å². The number of nitrogens with one attached hydrogen (secondary N) is 2. The van der Waals surface area contributed by atoms with Crippen molar-refractivity contribution in [1.29, 1.82) is 0 Å². The molecule has 3 rings (SSSR count). The molecule has 0 fully saturated rings. The van der Waals surface area contributed by atoms with Crippen LogP contribution in [0, 0.1) is 6.92 Å². The van der Waals surface area contributed by atoms with Gasteiger partial charge >= 0.3 is 0 Å². The Bertz CT molecular complexity index is 886. The van der Waals surface area contributed by atoms with Crippen molar-refractivity contribution in [3.05, 3.63) is 77.9 Å². The Morgan fingerprint density at radius 2 is 2.04 bits per heavy atom. The zero-order valence-electron chi connectivity index (χ0n) is 16.1. The SMILES string of the molecule is CCNC(=NCc1cccc(-c2ccccn2)c1)NC(C)c1ccc(C)o1. The quantitative estimate of drug-likeness (QED) is 0.502. The molecule has 2 heterocycles. The van der Waals surface area contributed by atoms with Crippen molar-refractivity contribution in [1.82, 2.24) is 15.6 Å². The van der Waals surface area contributed by atoms with Gasteiger partial charge in [-0.25, -0.2) is 4.99 Å². The number of aromatic nitrogens is 1. The van der Waals surface area contributed by atoms with Gasteiger partial charge in [0.15, 0.2) is 5.96 Å². The monoisotopic (exact) mass is 362 g/mol. The molecule has 0 saturated heterocycles. The van der Waals surface area contributed by atoms with Gasteiger partial charge in [-0.15, -0.1) is 0 Å². The maximum atomic E-state index is 5.70. The first-order valence-corrected chi connectivity index (χ1v) is 9.27. The van der Waals surface area contributed by atoms with E-state index in [-0.39, 0.29) is 6.04 Å². The van der Waals surface area contributed by atoms with Gasteiger partial charge in [0.2, 0.25) is 0 Å². The number of rotatable bonds is 6. The molecule has 27 heavy (non-hydrogen) atoms. The van der Waals surface area contributed by atoms with Crippen LogP contribution in [0.5, 0.6) is 0 Å². The molecule has 3 aromatic rings. The molecule has 5 heteroatoms. The Hall–Kier alpha value is -3.08. The van der Waals surface area contributed by atoms with Crippen molar-refractivity contribution >= 4 is 5.96 Å². The molecular formula is C22H26N4O. The highest BCUT2D eigenvalue weighted by Gasteiger charge is 2.11. The molecule has 2 N–H and O–H groups in total. The van der Waals surface area contributed by atoms with E-state index < -0.39 is 0 Å². The maximum Gasteiger partial charge on any atom is 0.192 e. The van der Waals surface area contributed by atoms with E-state index in [1.165, 1.54) is 0 Å². The summed E-state index contributed by atoms with van der Waals surface area (Å²) in [7, 11) is 0. The highest BCUT2D eigenvalue weighted by atomic mass is 16.3. The van der Waals surface area contributed by atoms with Gasteiger partial charge in [0.1, 0.15) is 11.5 Å². The van der Waals surface area contributed by atoms with Gasteiger partial charge in [0.05, 0.1) is 18.3 Å². The van der Waals surface area contributed by atoms with E-state index in [0.29, 0.717) is 6.54 Å². The fourth-order valence-electron chi connectivity index (χ4n) is 2.82. The first-order valence-electron chi connectivity index (χ1n) is 9.27. The molecule has 0 saturated carbocycles. The number of hydrogen-bond acceptors (Lipinski definition) is 3. The molecule has 1 atom stereocenters. The molecule has 1 unspecified atom stereocenters. The molecule has 0 radical (unpaired) electrons. The van der Waals surface area contributed by atoms with E-state index in [0.717, 1.165) is 40.8 Å². The van der Waals surface area contributed by atoms with Crippen LogP contribution in [0.25, 0.3) is 11.3 Å². The molecular weight excluding hydrogens is 336 g/mol. The summed E-state index contributed by atoms with van der Waals surface area (Å²) in [6.45, 7) is 7.45. The lowest BCUT2D eigenvalue weighted by atomic mass is 10.1. The summed E-state index contributed by atoms with van der Waals surface area (Å²) in [5.74, 6) is 2.57. The predicted molar refractivity (Wildman–Crippen MR) is 109 cm³/mol. The van der Waals surface area contributed by atoms with Gasteiger partial charge in [-0.05, 0) is 56.7 Å². The molecule has 0 aliphatic rings. The minimum Gasteiger partial charge on any atom is -0.464 e. The second-order valence-corrected chi connectivity index (χ2v) is 6.42. The average molecular weight is 362 g/mol. The zero-order valence-corrected chi connectivity index (χ0v) is 16.1. The number of benzene rings is 1. The van der Waals surface area contributed by atoms with E-state index in [9.17, 15) is 0 Å². The molecule has 0 amide bonds. The molecule has 140 valence electrons. The highest BCUT2D eigenvalue weighted by Crippen LogP contribution is 2.18. The second-order valence-electron chi connectivity index (χ2n) is 6.42. The molecule has 0 bridgehead atoms. The second kappa shape index (κ2) is 9.03. The molecule has 1 aromatic carbocycles. The van der Waals surface area contributed by atoms with Crippen LogP contribution in [0.3, 0.4) is 0 Å². The van der Waals surface area contributed by atoms with Crippen LogP contribution in [-0.4, -0.2) is 17.5 Å². The van der Waals surface area contributed by atoms with Gasteiger partial charge in [-0.1, -0.05) is 24.3 Å². The fourth-order valence-corrected chi connectivity index (χ4v) is 2.82. The van der Waals surface area contributed by atoms with Gasteiger partial charge < -0.3 is 15.1 Å². The van der Waals surface area contributed by atoms with Crippen LogP contribution in [0.2, 0.25) is 0 Å². The van der Waals surface area contributed by atoms with Gasteiger partial charge in [-0.3, -0.25) is 4.98 Å². The Labute approximate surface area is 160 Å². The van der Waals surface area contributed by atoms with Crippen molar-refractivity contribution < 1.29 is 4.42 Å². The number of pyridine rings is 1. The summed E-state index contributed by atoms with van der Waals surface area (Å²) < 4.78 is 5.70. The maximum absolute atomic E-state index is 5.70. The van der Waals surface area contributed by atoms with E-state index in [1.807, 2.05) is 49.5 Å². The van der Waals surface area contributed by atoms with Crippen LogP contribution in [-0.2, 0) is 6.54 Å². The van der Waals surface area contributed by atoms with Crippen LogP contribution >= 0.6 is 0 Å². The van der Waals surface area contributed by atoms with E-state index in [1.54, 1.807) is 0 Å². The summed E-state index contributed by atoms with van der Waals surface area (Å²) >= 11 is 0. The van der Waals surface area contributed by atoms with Crippen LogP contribution < -0.4 is 10.6 Å². The lowest BCUT2D eigenvalue weighted by Crippen LogP contribution is -2.38. The van der Waals surface area contributed by atoms with Gasteiger partial charge in [-0.2, -0.15) is 0 Å². The number of guanidine groups is 1. The number of nitrogens with zero attached hydrogens (tertiary/aromatic N) is 2. The first-order chi connectivity index (χ1) is 13.2. The number of furan rings is 1. The summed E-state index contributed by atoms with van der Waals surface area (Å²) in [6, 6.07) is 18.3. The van der Waals surface area contributed by atoms with Gasteiger partial charge in [0, 0.05) is 18.3 Å². The molecule has 0 aliphatic heterocycles. The topological polar surface area (TPSA) is 62.5 Å². The first kappa shape index (κ1) is 18.7.